The number of anilines is 1. The van der Waals surface area contributed by atoms with Crippen LogP contribution in [-0.2, 0) is 0 Å². The van der Waals surface area contributed by atoms with Crippen LogP contribution in [0.25, 0.3) is 22.4 Å². The van der Waals surface area contributed by atoms with E-state index in [9.17, 15) is 4.79 Å². The Morgan fingerprint density at radius 3 is 2.11 bits per heavy atom. The summed E-state index contributed by atoms with van der Waals surface area (Å²) in [6.07, 6.45) is 0. The van der Waals surface area contributed by atoms with Crippen LogP contribution in [0, 0.1) is 0 Å². The normalized spacial score (nSPS) is 10.6. The van der Waals surface area contributed by atoms with Crippen molar-refractivity contribution >= 4 is 45.6 Å². The first-order valence-corrected chi connectivity index (χ1v) is 10.1. The van der Waals surface area contributed by atoms with E-state index in [-0.39, 0.29) is 5.91 Å². The molecule has 0 aliphatic heterocycles. The van der Waals surface area contributed by atoms with Gasteiger partial charge in [0.2, 0.25) is 0 Å². The number of hydrogen-bond donors (Lipinski definition) is 1. The van der Waals surface area contributed by atoms with E-state index in [0.29, 0.717) is 20.7 Å². The minimum absolute atomic E-state index is 0.301. The summed E-state index contributed by atoms with van der Waals surface area (Å²) < 4.78 is 0. The van der Waals surface area contributed by atoms with Crippen molar-refractivity contribution in [2.45, 2.75) is 0 Å². The minimum Gasteiger partial charge on any atom is -0.298 e. The third kappa shape index (κ3) is 4.25. The Morgan fingerprint density at radius 1 is 0.821 bits per heavy atom. The lowest BCUT2D eigenvalue weighted by molar-refractivity contribution is 0.102. The van der Waals surface area contributed by atoms with Gasteiger partial charge in [-0.1, -0.05) is 77.8 Å². The molecule has 138 valence electrons. The molecule has 6 heteroatoms. The summed E-state index contributed by atoms with van der Waals surface area (Å²) in [7, 11) is 0. The van der Waals surface area contributed by atoms with Crippen LogP contribution in [0.3, 0.4) is 0 Å². The van der Waals surface area contributed by atoms with Gasteiger partial charge in [0.1, 0.15) is 0 Å². The van der Waals surface area contributed by atoms with E-state index in [4.69, 9.17) is 23.2 Å². The largest absolute Gasteiger partial charge is 0.298 e. The molecule has 0 saturated carbocycles. The molecule has 1 N–H and O–H groups in total. The van der Waals surface area contributed by atoms with Crippen LogP contribution in [0.5, 0.6) is 0 Å². The highest BCUT2D eigenvalue weighted by molar-refractivity contribution is 7.14. The van der Waals surface area contributed by atoms with Crippen molar-refractivity contribution < 1.29 is 4.79 Å². The fourth-order valence-electron chi connectivity index (χ4n) is 2.78. The van der Waals surface area contributed by atoms with Crippen LogP contribution in [0.2, 0.25) is 10.0 Å². The predicted octanol–water partition coefficient (Wildman–Crippen LogP) is 7.04. The molecule has 3 nitrogen and oxygen atoms in total. The van der Waals surface area contributed by atoms with Crippen LogP contribution < -0.4 is 5.32 Å². The van der Waals surface area contributed by atoms with Crippen LogP contribution in [0.4, 0.5) is 5.13 Å². The van der Waals surface area contributed by atoms with Crippen LogP contribution in [-0.4, -0.2) is 10.9 Å². The Morgan fingerprint density at radius 2 is 1.43 bits per heavy atom. The topological polar surface area (TPSA) is 42.0 Å². The van der Waals surface area contributed by atoms with Gasteiger partial charge in [0.25, 0.3) is 5.91 Å². The highest BCUT2D eigenvalue weighted by Crippen LogP contribution is 2.28. The van der Waals surface area contributed by atoms with Crippen LogP contribution >= 0.6 is 34.5 Å². The number of nitrogens with one attached hydrogen (secondary N) is 1. The maximum absolute atomic E-state index is 12.4. The Bertz CT molecular complexity index is 1100. The number of aromatic nitrogens is 1. The summed E-state index contributed by atoms with van der Waals surface area (Å²) in [6.45, 7) is 0. The van der Waals surface area contributed by atoms with Crippen LogP contribution in [0.1, 0.15) is 10.4 Å². The van der Waals surface area contributed by atoms with Crippen molar-refractivity contribution in [3.63, 3.8) is 0 Å². The maximum Gasteiger partial charge on any atom is 0.257 e. The SMILES string of the molecule is O=C(Nc1nc(-c2ccc(-c3ccccc3)cc2)cs1)c1cc(Cl)cc(Cl)c1. The number of carbonyl (C=O) groups excluding carboxylic acids is 1. The molecular weight excluding hydrogens is 411 g/mol. The van der Waals surface area contributed by atoms with Gasteiger partial charge in [0, 0.05) is 26.6 Å². The smallest absolute Gasteiger partial charge is 0.257 e. The Hall–Kier alpha value is -2.66. The summed E-state index contributed by atoms with van der Waals surface area (Å²) in [5.41, 5.74) is 4.50. The molecule has 1 aromatic heterocycles. The molecule has 0 bridgehead atoms. The second kappa shape index (κ2) is 8.15. The van der Waals surface area contributed by atoms with E-state index in [1.807, 2.05) is 35.7 Å². The summed E-state index contributed by atoms with van der Waals surface area (Å²) >= 11 is 13.3. The number of hydrogen-bond acceptors (Lipinski definition) is 3. The van der Waals surface area contributed by atoms with E-state index in [0.717, 1.165) is 16.8 Å². The minimum atomic E-state index is -0.301. The lowest BCUT2D eigenvalue weighted by atomic mass is 10.0. The highest BCUT2D eigenvalue weighted by Gasteiger charge is 2.12. The molecule has 1 amide bonds. The van der Waals surface area contributed by atoms with Gasteiger partial charge in [-0.25, -0.2) is 4.98 Å². The van der Waals surface area contributed by atoms with E-state index >= 15 is 0 Å². The monoisotopic (exact) mass is 424 g/mol. The zero-order chi connectivity index (χ0) is 19.5. The van der Waals surface area contributed by atoms with E-state index < -0.39 is 0 Å². The number of carbonyl (C=O) groups is 1. The lowest BCUT2D eigenvalue weighted by Gasteiger charge is -2.04. The quantitative estimate of drug-likeness (QED) is 0.381. The van der Waals surface area contributed by atoms with Crippen molar-refractivity contribution in [3.05, 3.63) is 93.8 Å². The molecular formula is C22H14Cl2N2OS. The second-order valence-corrected chi connectivity index (χ2v) is 7.82. The number of thiazole rings is 1. The summed E-state index contributed by atoms with van der Waals surface area (Å²) in [4.78, 5) is 16.9. The van der Waals surface area contributed by atoms with Gasteiger partial charge < -0.3 is 0 Å². The van der Waals surface area contributed by atoms with E-state index in [1.54, 1.807) is 18.2 Å². The molecule has 0 saturated heterocycles. The summed E-state index contributed by atoms with van der Waals surface area (Å²) in [6, 6.07) is 23.1. The van der Waals surface area contributed by atoms with Gasteiger partial charge in [-0.15, -0.1) is 11.3 Å². The number of benzene rings is 3. The molecule has 0 aliphatic rings. The molecule has 0 fully saturated rings. The van der Waals surface area contributed by atoms with Gasteiger partial charge in [0.05, 0.1) is 5.69 Å². The van der Waals surface area contributed by atoms with Gasteiger partial charge in [-0.05, 0) is 29.3 Å². The third-order valence-corrected chi connectivity index (χ3v) is 5.33. The number of nitrogens with zero attached hydrogens (tertiary/aromatic N) is 1. The van der Waals surface area contributed by atoms with Gasteiger partial charge >= 0.3 is 0 Å². The van der Waals surface area contributed by atoms with E-state index in [2.05, 4.69) is 34.6 Å². The van der Waals surface area contributed by atoms with E-state index in [1.165, 1.54) is 16.9 Å². The fraction of sp³-hybridized carbons (Fsp3) is 0. The maximum atomic E-state index is 12.4. The summed E-state index contributed by atoms with van der Waals surface area (Å²) in [5, 5.41) is 6.05. The molecule has 0 spiro atoms. The van der Waals surface area contributed by atoms with Gasteiger partial charge in [-0.3, -0.25) is 10.1 Å². The first-order valence-electron chi connectivity index (χ1n) is 8.47. The molecule has 28 heavy (non-hydrogen) atoms. The zero-order valence-corrected chi connectivity index (χ0v) is 16.9. The Labute approximate surface area is 176 Å². The molecule has 0 unspecified atom stereocenters. The highest BCUT2D eigenvalue weighted by atomic mass is 35.5. The Balaban J connectivity index is 1.50. The third-order valence-electron chi connectivity index (χ3n) is 4.14. The van der Waals surface area contributed by atoms with Crippen molar-refractivity contribution in [3.8, 4) is 22.4 Å². The second-order valence-electron chi connectivity index (χ2n) is 6.09. The molecule has 0 aliphatic carbocycles. The first kappa shape index (κ1) is 18.7. The van der Waals surface area contributed by atoms with Crippen molar-refractivity contribution in [1.29, 1.82) is 0 Å². The fourth-order valence-corrected chi connectivity index (χ4v) is 4.02. The molecule has 0 atom stereocenters. The van der Waals surface area contributed by atoms with Crippen LogP contribution in [0.15, 0.2) is 78.2 Å². The van der Waals surface area contributed by atoms with Crippen molar-refractivity contribution in [1.82, 2.24) is 4.98 Å². The van der Waals surface area contributed by atoms with Gasteiger partial charge in [-0.2, -0.15) is 0 Å². The van der Waals surface area contributed by atoms with Crippen molar-refractivity contribution in [2.75, 3.05) is 5.32 Å². The molecule has 1 heterocycles. The number of halogens is 2. The summed E-state index contributed by atoms with van der Waals surface area (Å²) in [5.74, 6) is -0.301. The molecule has 4 rings (SSSR count). The first-order chi connectivity index (χ1) is 13.6. The molecule has 4 aromatic rings. The zero-order valence-electron chi connectivity index (χ0n) is 14.5. The average Bonchev–Trinajstić information content (AvgIpc) is 3.16. The van der Waals surface area contributed by atoms with Gasteiger partial charge in [0.15, 0.2) is 5.13 Å². The molecule has 0 radical (unpaired) electrons. The number of rotatable bonds is 4. The standard InChI is InChI=1S/C22H14Cl2N2OS/c23-18-10-17(11-19(24)12-18)21(27)26-22-25-20(13-28-22)16-8-6-15(7-9-16)14-4-2-1-3-5-14/h1-13H,(H,25,26,27). The number of amides is 1. The van der Waals surface area contributed by atoms with Crippen molar-refractivity contribution in [2.24, 2.45) is 0 Å². The Kier molecular flexibility index (Phi) is 5.44. The average molecular weight is 425 g/mol. The lowest BCUT2D eigenvalue weighted by Crippen LogP contribution is -2.11. The molecule has 3 aromatic carbocycles. The predicted molar refractivity (Wildman–Crippen MR) is 117 cm³/mol.